The molecule has 0 aromatic heterocycles. The highest BCUT2D eigenvalue weighted by atomic mass is 16.6. The molecule has 2 aliphatic carbocycles. The van der Waals surface area contributed by atoms with Crippen molar-refractivity contribution in [3.63, 3.8) is 0 Å². The zero-order valence-corrected chi connectivity index (χ0v) is 24.4. The summed E-state index contributed by atoms with van der Waals surface area (Å²) >= 11 is 0. The fraction of sp³-hybridized carbons (Fsp3) is 0.968. The minimum Gasteiger partial charge on any atom is -0.465 e. The molecule has 0 saturated heterocycles. The van der Waals surface area contributed by atoms with Crippen molar-refractivity contribution in [1.29, 1.82) is 0 Å². The highest BCUT2D eigenvalue weighted by Crippen LogP contribution is 2.32. The molecule has 6 heteroatoms. The Kier molecular flexibility index (Phi) is 18.6. The van der Waals surface area contributed by atoms with E-state index in [-0.39, 0.29) is 24.3 Å². The first kappa shape index (κ1) is 32.5. The molecule has 6 nitrogen and oxygen atoms in total. The van der Waals surface area contributed by atoms with E-state index in [0.717, 1.165) is 12.8 Å². The van der Waals surface area contributed by atoms with Crippen LogP contribution in [-0.2, 0) is 28.5 Å². The molecular formula is C31H58O6. The van der Waals surface area contributed by atoms with E-state index in [2.05, 4.69) is 6.92 Å². The normalized spacial score (nSPS) is 24.8. The zero-order chi connectivity index (χ0) is 26.6. The van der Waals surface area contributed by atoms with Crippen LogP contribution < -0.4 is 0 Å². The van der Waals surface area contributed by atoms with Gasteiger partial charge in [-0.25, -0.2) is 0 Å². The van der Waals surface area contributed by atoms with Gasteiger partial charge in [0.05, 0.1) is 44.2 Å². The van der Waals surface area contributed by atoms with E-state index in [0.29, 0.717) is 38.8 Å². The van der Waals surface area contributed by atoms with Crippen molar-refractivity contribution in [2.75, 3.05) is 34.0 Å². The highest BCUT2D eigenvalue weighted by molar-refractivity contribution is 5.74. The maximum absolute atomic E-state index is 12.9. The third kappa shape index (κ3) is 13.8. The zero-order valence-electron chi connectivity index (χ0n) is 24.4. The van der Waals surface area contributed by atoms with Gasteiger partial charge in [0.1, 0.15) is 5.92 Å². The Hall–Kier alpha value is -0.690. The molecule has 0 aromatic carbocycles. The lowest BCUT2D eigenvalue weighted by molar-refractivity contribution is -0.174. The van der Waals surface area contributed by atoms with Crippen molar-refractivity contribution in [2.24, 2.45) is 5.92 Å². The van der Waals surface area contributed by atoms with Crippen molar-refractivity contribution in [2.45, 2.75) is 153 Å². The molecule has 37 heavy (non-hydrogen) atoms. The monoisotopic (exact) mass is 526 g/mol. The van der Waals surface area contributed by atoms with Crippen molar-refractivity contribution in [3.8, 4) is 0 Å². The van der Waals surface area contributed by atoms with E-state index in [1.165, 1.54) is 96.3 Å². The van der Waals surface area contributed by atoms with E-state index in [9.17, 15) is 4.79 Å². The Labute approximate surface area is 227 Å². The van der Waals surface area contributed by atoms with Crippen LogP contribution in [0.4, 0.5) is 0 Å². The lowest BCUT2D eigenvalue weighted by Gasteiger charge is -2.39. The second-order valence-corrected chi connectivity index (χ2v) is 11.2. The number of esters is 1. The van der Waals surface area contributed by atoms with Gasteiger partial charge in [0.25, 0.3) is 0 Å². The topological polar surface area (TPSA) is 63.2 Å². The molecule has 2 fully saturated rings. The van der Waals surface area contributed by atoms with Gasteiger partial charge in [-0.1, -0.05) is 96.8 Å². The van der Waals surface area contributed by atoms with Crippen LogP contribution in [0.15, 0.2) is 0 Å². The summed E-state index contributed by atoms with van der Waals surface area (Å²) in [7, 11) is 3.33. The van der Waals surface area contributed by atoms with E-state index < -0.39 is 5.92 Å². The predicted molar refractivity (Wildman–Crippen MR) is 149 cm³/mol. The van der Waals surface area contributed by atoms with Crippen LogP contribution in [0.3, 0.4) is 0 Å². The van der Waals surface area contributed by atoms with E-state index in [1.807, 2.05) is 0 Å². The van der Waals surface area contributed by atoms with Gasteiger partial charge in [-0.3, -0.25) is 4.79 Å². The Morgan fingerprint density at radius 3 is 1.62 bits per heavy atom. The van der Waals surface area contributed by atoms with Gasteiger partial charge in [-0.05, 0) is 19.3 Å². The third-order valence-corrected chi connectivity index (χ3v) is 8.25. The molecule has 0 spiro atoms. The van der Waals surface area contributed by atoms with Gasteiger partial charge in [-0.15, -0.1) is 0 Å². The molecule has 2 atom stereocenters. The summed E-state index contributed by atoms with van der Waals surface area (Å²) in [6, 6.07) is 0. The fourth-order valence-electron chi connectivity index (χ4n) is 5.95. The summed E-state index contributed by atoms with van der Waals surface area (Å²) in [5.41, 5.74) is 0. The summed E-state index contributed by atoms with van der Waals surface area (Å²) in [6.07, 6.45) is 23.0. The first-order valence-electron chi connectivity index (χ1n) is 15.6. The number of carbonyl (C=O) groups excluding carboxylic acids is 1. The van der Waals surface area contributed by atoms with Gasteiger partial charge in [-0.2, -0.15) is 0 Å². The summed E-state index contributed by atoms with van der Waals surface area (Å²) in [4.78, 5) is 12.9. The quantitative estimate of drug-likeness (QED) is 0.115. The number of unbranched alkanes of at least 4 members (excludes halogenated alkanes) is 11. The molecule has 0 radical (unpaired) electrons. The lowest BCUT2D eigenvalue weighted by Crippen LogP contribution is -2.49. The molecule has 2 rings (SSSR count). The average Bonchev–Trinajstić information content (AvgIpc) is 2.93. The number of hydrogen-bond acceptors (Lipinski definition) is 6. The first-order valence-corrected chi connectivity index (χ1v) is 15.6. The maximum Gasteiger partial charge on any atom is 0.314 e. The lowest BCUT2D eigenvalue weighted by atomic mass is 9.82. The van der Waals surface area contributed by atoms with Crippen LogP contribution in [0, 0.1) is 5.92 Å². The van der Waals surface area contributed by atoms with Crippen molar-refractivity contribution in [1.82, 2.24) is 0 Å². The van der Waals surface area contributed by atoms with Crippen LogP contribution in [0.2, 0.25) is 0 Å². The van der Waals surface area contributed by atoms with Crippen molar-refractivity contribution in [3.05, 3.63) is 0 Å². The van der Waals surface area contributed by atoms with Gasteiger partial charge in [0.2, 0.25) is 0 Å². The average molecular weight is 527 g/mol. The van der Waals surface area contributed by atoms with Crippen LogP contribution in [0.25, 0.3) is 0 Å². The highest BCUT2D eigenvalue weighted by Gasteiger charge is 2.44. The van der Waals surface area contributed by atoms with Crippen molar-refractivity contribution >= 4 is 5.97 Å². The molecule has 2 aliphatic rings. The maximum atomic E-state index is 12.9. The molecule has 0 aromatic rings. The summed E-state index contributed by atoms with van der Waals surface area (Å²) < 4.78 is 29.2. The minimum absolute atomic E-state index is 0.00486. The standard InChI is InChI=1S/C31H58O6/c1-4-5-6-7-8-9-10-11-12-13-14-18-21-37-31(32)30-28(33-2)24-27(25-29(30)34-3)36-23-22-35-26-19-16-15-17-20-26/h26-30H,4-25H2,1-3H3. The van der Waals surface area contributed by atoms with Crippen LogP contribution in [0.5, 0.6) is 0 Å². The molecular weight excluding hydrogens is 468 g/mol. The molecule has 0 amide bonds. The summed E-state index contributed by atoms with van der Waals surface area (Å²) in [5, 5.41) is 0. The van der Waals surface area contributed by atoms with Gasteiger partial charge in [0.15, 0.2) is 0 Å². The Morgan fingerprint density at radius 2 is 1.11 bits per heavy atom. The molecule has 218 valence electrons. The fourth-order valence-corrected chi connectivity index (χ4v) is 5.95. The van der Waals surface area contributed by atoms with E-state index in [4.69, 9.17) is 23.7 Å². The number of carbonyl (C=O) groups is 1. The molecule has 0 N–H and O–H groups in total. The number of ether oxygens (including phenoxy) is 5. The molecule has 0 aliphatic heterocycles. The molecule has 0 heterocycles. The van der Waals surface area contributed by atoms with Crippen molar-refractivity contribution < 1.29 is 28.5 Å². The molecule has 0 bridgehead atoms. The minimum atomic E-state index is -0.398. The number of rotatable bonds is 21. The smallest absolute Gasteiger partial charge is 0.314 e. The second kappa shape index (κ2) is 21.2. The number of hydrogen-bond donors (Lipinski definition) is 0. The van der Waals surface area contributed by atoms with Gasteiger partial charge in [0, 0.05) is 27.1 Å². The van der Waals surface area contributed by atoms with Gasteiger partial charge >= 0.3 is 5.97 Å². The largest absolute Gasteiger partial charge is 0.465 e. The first-order chi connectivity index (χ1) is 18.2. The van der Waals surface area contributed by atoms with Gasteiger partial charge < -0.3 is 23.7 Å². The molecule has 2 unspecified atom stereocenters. The summed E-state index contributed by atoms with van der Waals surface area (Å²) in [5.74, 6) is -0.591. The number of methoxy groups -OCH3 is 2. The van der Waals surface area contributed by atoms with E-state index in [1.54, 1.807) is 14.2 Å². The Balaban J connectivity index is 1.55. The predicted octanol–water partition coefficient (Wildman–Crippen LogP) is 7.41. The van der Waals surface area contributed by atoms with E-state index >= 15 is 0 Å². The van der Waals surface area contributed by atoms with Crippen LogP contribution >= 0.6 is 0 Å². The Bertz CT molecular complexity index is 536. The Morgan fingerprint density at radius 1 is 0.622 bits per heavy atom. The molecule has 2 saturated carbocycles. The second-order valence-electron chi connectivity index (χ2n) is 11.2. The summed E-state index contributed by atoms with van der Waals surface area (Å²) in [6.45, 7) is 3.95. The SMILES string of the molecule is CCCCCCCCCCCCCCOC(=O)C1C(OC)CC(OCCOC2CCCCC2)CC1OC. The van der Waals surface area contributed by atoms with Crippen LogP contribution in [0.1, 0.15) is 129 Å². The van der Waals surface area contributed by atoms with Crippen LogP contribution in [-0.4, -0.2) is 64.4 Å². The third-order valence-electron chi connectivity index (χ3n) is 8.25.